The number of hydrogen-bond acceptors (Lipinski definition) is 6. The zero-order chi connectivity index (χ0) is 27.1. The molecular weight excluding hydrogens is 510 g/mol. The molecule has 1 unspecified atom stereocenters. The molecule has 0 aliphatic carbocycles. The Balaban J connectivity index is 1.36. The van der Waals surface area contributed by atoms with Gasteiger partial charge in [-0.1, -0.05) is 17.7 Å². The first-order valence-electron chi connectivity index (χ1n) is 12.5. The number of halogens is 1. The molecule has 200 valence electrons. The molecule has 0 spiro atoms. The minimum Gasteiger partial charge on any atom is -0.494 e. The van der Waals surface area contributed by atoms with Crippen LogP contribution in [0.3, 0.4) is 0 Å². The fraction of sp³-hybridized carbons (Fsp3) is 0.310. The Morgan fingerprint density at radius 2 is 1.74 bits per heavy atom. The van der Waals surface area contributed by atoms with E-state index >= 15 is 0 Å². The van der Waals surface area contributed by atoms with Crippen LogP contribution in [0.5, 0.6) is 28.7 Å². The second-order valence-electron chi connectivity index (χ2n) is 8.62. The zero-order valence-electron chi connectivity index (χ0n) is 21.3. The number of benzene rings is 3. The maximum Gasteiger partial charge on any atom is 0.311 e. The fourth-order valence-corrected chi connectivity index (χ4v) is 4.44. The molecule has 1 atom stereocenters. The number of carboxylic acids is 1. The molecule has 0 saturated carbocycles. The molecule has 0 bridgehead atoms. The average Bonchev–Trinajstić information content (AvgIpc) is 2.90. The van der Waals surface area contributed by atoms with Crippen LogP contribution >= 0.6 is 11.6 Å². The number of ether oxygens (including phenoxy) is 4. The Hall–Kier alpha value is -3.91. The van der Waals surface area contributed by atoms with Crippen LogP contribution in [0.25, 0.3) is 0 Å². The van der Waals surface area contributed by atoms with Crippen LogP contribution in [0.15, 0.2) is 54.6 Å². The monoisotopic (exact) mass is 539 g/mol. The lowest BCUT2D eigenvalue weighted by molar-refractivity contribution is -0.139. The third-order valence-electron chi connectivity index (χ3n) is 6.08. The van der Waals surface area contributed by atoms with Crippen LogP contribution in [0.1, 0.15) is 47.7 Å². The molecule has 3 aromatic rings. The predicted octanol–water partition coefficient (Wildman–Crippen LogP) is 5.85. The topological polar surface area (TPSA) is 103 Å². The van der Waals surface area contributed by atoms with Gasteiger partial charge in [0.15, 0.2) is 0 Å². The molecule has 1 aliphatic heterocycles. The van der Waals surface area contributed by atoms with Crippen LogP contribution < -0.4 is 24.3 Å². The highest BCUT2D eigenvalue weighted by atomic mass is 35.5. The van der Waals surface area contributed by atoms with Gasteiger partial charge in [-0.3, -0.25) is 9.59 Å². The van der Waals surface area contributed by atoms with Gasteiger partial charge < -0.3 is 29.4 Å². The summed E-state index contributed by atoms with van der Waals surface area (Å²) in [5.41, 5.74) is 2.00. The van der Waals surface area contributed by atoms with Crippen molar-refractivity contribution in [3.8, 4) is 28.7 Å². The highest BCUT2D eigenvalue weighted by molar-refractivity contribution is 6.32. The van der Waals surface area contributed by atoms with Gasteiger partial charge in [0.1, 0.15) is 28.7 Å². The summed E-state index contributed by atoms with van der Waals surface area (Å²) < 4.78 is 22.8. The van der Waals surface area contributed by atoms with Crippen molar-refractivity contribution < 1.29 is 33.6 Å². The zero-order valence-corrected chi connectivity index (χ0v) is 22.0. The van der Waals surface area contributed by atoms with E-state index in [1.165, 1.54) is 0 Å². The first-order chi connectivity index (χ1) is 18.4. The minimum absolute atomic E-state index is 0.208. The van der Waals surface area contributed by atoms with Crippen molar-refractivity contribution in [2.45, 2.75) is 32.6 Å². The van der Waals surface area contributed by atoms with Gasteiger partial charge in [-0.2, -0.15) is 0 Å². The van der Waals surface area contributed by atoms with Crippen molar-refractivity contribution in [1.29, 1.82) is 0 Å². The van der Waals surface area contributed by atoms with Crippen molar-refractivity contribution in [2.24, 2.45) is 0 Å². The van der Waals surface area contributed by atoms with E-state index in [2.05, 4.69) is 5.32 Å². The Labute approximate surface area is 226 Å². The summed E-state index contributed by atoms with van der Waals surface area (Å²) in [6.07, 6.45) is 0.993. The second kappa shape index (κ2) is 12.6. The fourth-order valence-electron chi connectivity index (χ4n) is 4.23. The smallest absolute Gasteiger partial charge is 0.311 e. The molecule has 0 radical (unpaired) electrons. The molecule has 3 aromatic carbocycles. The number of carbonyl (C=O) groups excluding carboxylic acids is 1. The largest absolute Gasteiger partial charge is 0.494 e. The number of rotatable bonds is 11. The summed E-state index contributed by atoms with van der Waals surface area (Å²) in [5.74, 6) is 0.975. The van der Waals surface area contributed by atoms with E-state index in [-0.39, 0.29) is 10.9 Å². The minimum atomic E-state index is -0.914. The van der Waals surface area contributed by atoms with Crippen molar-refractivity contribution in [3.05, 3.63) is 76.3 Å². The SMILES string of the molecule is CCOc1ccc(CCNC(=O)c2ccc(Oc3cc4c(cc3Cl)C(C(=O)O)CCO4)cc2)c(OCC)c1. The van der Waals surface area contributed by atoms with Gasteiger partial charge >= 0.3 is 5.97 Å². The summed E-state index contributed by atoms with van der Waals surface area (Å²) in [6.45, 7) is 5.71. The maximum atomic E-state index is 12.7. The van der Waals surface area contributed by atoms with Crippen molar-refractivity contribution in [1.82, 2.24) is 5.32 Å². The van der Waals surface area contributed by atoms with Crippen LogP contribution in [0.2, 0.25) is 5.02 Å². The molecule has 8 nitrogen and oxygen atoms in total. The van der Waals surface area contributed by atoms with E-state index in [1.807, 2.05) is 32.0 Å². The average molecular weight is 540 g/mol. The molecule has 2 N–H and O–H groups in total. The van der Waals surface area contributed by atoms with Gasteiger partial charge in [0.05, 0.1) is 30.8 Å². The van der Waals surface area contributed by atoms with Crippen LogP contribution in [-0.2, 0) is 11.2 Å². The van der Waals surface area contributed by atoms with Gasteiger partial charge in [-0.15, -0.1) is 0 Å². The number of nitrogens with one attached hydrogen (secondary N) is 1. The molecule has 1 amide bonds. The van der Waals surface area contributed by atoms with Crippen LogP contribution in [0.4, 0.5) is 0 Å². The molecule has 4 rings (SSSR count). The Morgan fingerprint density at radius 1 is 1.00 bits per heavy atom. The Bertz CT molecular complexity index is 1290. The summed E-state index contributed by atoms with van der Waals surface area (Å²) >= 11 is 6.37. The first-order valence-corrected chi connectivity index (χ1v) is 12.9. The van der Waals surface area contributed by atoms with E-state index < -0.39 is 11.9 Å². The standard InChI is InChI=1S/C29H30ClNO7/c1-3-35-21-10-5-18(25(15-21)36-4-2)11-13-31-28(32)19-6-8-20(9-7-19)38-27-17-26-23(16-24(27)30)22(29(33)34)12-14-37-26/h5-10,15-17,22H,3-4,11-14H2,1-2H3,(H,31,32)(H,33,34). The van der Waals surface area contributed by atoms with E-state index in [0.717, 1.165) is 17.1 Å². The van der Waals surface area contributed by atoms with Crippen molar-refractivity contribution in [2.75, 3.05) is 26.4 Å². The van der Waals surface area contributed by atoms with Crippen molar-refractivity contribution >= 4 is 23.5 Å². The van der Waals surface area contributed by atoms with E-state index in [4.69, 9.17) is 30.5 Å². The lowest BCUT2D eigenvalue weighted by atomic mass is 9.93. The molecule has 0 aromatic heterocycles. The van der Waals surface area contributed by atoms with Gasteiger partial charge in [0, 0.05) is 29.8 Å². The number of amides is 1. The molecule has 1 heterocycles. The highest BCUT2D eigenvalue weighted by Gasteiger charge is 2.29. The van der Waals surface area contributed by atoms with Gasteiger partial charge in [-0.25, -0.2) is 0 Å². The van der Waals surface area contributed by atoms with E-state index in [0.29, 0.717) is 67.6 Å². The van der Waals surface area contributed by atoms with Crippen LogP contribution in [-0.4, -0.2) is 43.3 Å². The normalized spacial score (nSPS) is 14.1. The van der Waals surface area contributed by atoms with Crippen LogP contribution in [0, 0.1) is 0 Å². The Morgan fingerprint density at radius 3 is 2.45 bits per heavy atom. The molecule has 38 heavy (non-hydrogen) atoms. The molecule has 0 saturated heterocycles. The molecular formula is C29H30ClNO7. The summed E-state index contributed by atoms with van der Waals surface area (Å²) in [5, 5.41) is 12.7. The van der Waals surface area contributed by atoms with Gasteiger partial charge in [0.25, 0.3) is 5.91 Å². The number of fused-ring (bicyclic) bond motifs is 1. The third-order valence-corrected chi connectivity index (χ3v) is 6.37. The summed E-state index contributed by atoms with van der Waals surface area (Å²) in [7, 11) is 0. The molecule has 1 aliphatic rings. The highest BCUT2D eigenvalue weighted by Crippen LogP contribution is 2.41. The van der Waals surface area contributed by atoms with Crippen molar-refractivity contribution in [3.63, 3.8) is 0 Å². The quantitative estimate of drug-likeness (QED) is 0.315. The third kappa shape index (κ3) is 6.50. The maximum absolute atomic E-state index is 12.7. The number of carboxylic acid groups (broad SMARTS) is 1. The van der Waals surface area contributed by atoms with Gasteiger partial charge in [0.2, 0.25) is 0 Å². The van der Waals surface area contributed by atoms with E-state index in [1.54, 1.807) is 36.4 Å². The summed E-state index contributed by atoms with van der Waals surface area (Å²) in [6, 6.07) is 15.6. The number of aliphatic carboxylic acids is 1. The number of hydrogen-bond donors (Lipinski definition) is 2. The van der Waals surface area contributed by atoms with E-state index in [9.17, 15) is 14.7 Å². The lowest BCUT2D eigenvalue weighted by Gasteiger charge is -2.24. The first kappa shape index (κ1) is 27.1. The lowest BCUT2D eigenvalue weighted by Crippen LogP contribution is -2.25. The Kier molecular flexibility index (Phi) is 8.97. The second-order valence-corrected chi connectivity index (χ2v) is 9.02. The molecule has 9 heteroatoms. The summed E-state index contributed by atoms with van der Waals surface area (Å²) in [4.78, 5) is 24.2. The van der Waals surface area contributed by atoms with Gasteiger partial charge in [-0.05, 0) is 68.7 Å². The predicted molar refractivity (Wildman–Crippen MR) is 143 cm³/mol. The molecule has 0 fully saturated rings. The number of carbonyl (C=O) groups is 2.